The molecule has 0 spiro atoms. The van der Waals surface area contributed by atoms with E-state index in [4.69, 9.17) is 16.3 Å². The summed E-state index contributed by atoms with van der Waals surface area (Å²) < 4.78 is 5.29. The maximum absolute atomic E-state index is 11.4. The molecule has 4 nitrogen and oxygen atoms in total. The van der Waals surface area contributed by atoms with Crippen molar-refractivity contribution in [3.05, 3.63) is 34.8 Å². The number of aromatic nitrogens is 1. The van der Waals surface area contributed by atoms with Crippen LogP contribution in [0.25, 0.3) is 0 Å². The molecule has 0 bridgehead atoms. The number of rotatable bonds is 4. The number of alkyl halides is 1. The van der Waals surface area contributed by atoms with Crippen molar-refractivity contribution in [2.75, 3.05) is 13.7 Å². The van der Waals surface area contributed by atoms with Crippen molar-refractivity contribution in [2.24, 2.45) is 0 Å². The molecule has 0 fully saturated rings. The van der Waals surface area contributed by atoms with Crippen molar-refractivity contribution in [3.63, 3.8) is 0 Å². The monoisotopic (exact) mass is 215 g/mol. The summed E-state index contributed by atoms with van der Waals surface area (Å²) in [5.41, 5.74) is 0.579. The van der Waals surface area contributed by atoms with Gasteiger partial charge < -0.3 is 9.94 Å². The van der Waals surface area contributed by atoms with Crippen molar-refractivity contribution >= 4 is 17.4 Å². The van der Waals surface area contributed by atoms with Crippen molar-refractivity contribution in [1.29, 1.82) is 0 Å². The van der Waals surface area contributed by atoms with Crippen LogP contribution >= 0.6 is 11.6 Å². The Labute approximate surface area is 86.6 Å². The molecule has 0 saturated heterocycles. The molecule has 0 aromatic carbocycles. The van der Waals surface area contributed by atoms with Gasteiger partial charge in [-0.1, -0.05) is 0 Å². The van der Waals surface area contributed by atoms with Crippen molar-refractivity contribution in [3.8, 4) is 0 Å². The topological polar surface area (TPSA) is 53.2 Å². The van der Waals surface area contributed by atoms with Crippen LogP contribution in [0.5, 0.6) is 0 Å². The molecule has 0 saturated carbocycles. The smallest absolute Gasteiger partial charge is 0.218 e. The summed E-state index contributed by atoms with van der Waals surface area (Å²) in [6.07, 6.45) is 1.31. The fourth-order valence-electron chi connectivity index (χ4n) is 1.12. The van der Waals surface area contributed by atoms with Crippen molar-refractivity contribution in [1.82, 2.24) is 0 Å². The number of methoxy groups -OCH3 is 1. The largest absolute Gasteiger partial charge is 0.618 e. The van der Waals surface area contributed by atoms with Crippen LogP contribution in [0.15, 0.2) is 18.3 Å². The van der Waals surface area contributed by atoms with Crippen LogP contribution < -0.4 is 4.73 Å². The van der Waals surface area contributed by atoms with Crippen LogP contribution in [-0.4, -0.2) is 19.5 Å². The molecule has 1 aromatic heterocycles. The van der Waals surface area contributed by atoms with Gasteiger partial charge in [0.05, 0.1) is 5.56 Å². The van der Waals surface area contributed by atoms with Gasteiger partial charge in [0, 0.05) is 13.2 Å². The number of Topliss-reactive ketones (excluding diaryl/α,β-unsaturated/α-hetero) is 1. The average Bonchev–Trinajstić information content (AvgIpc) is 2.17. The number of hydrogen-bond acceptors (Lipinski definition) is 3. The quantitative estimate of drug-likeness (QED) is 0.324. The normalized spacial score (nSPS) is 10.1. The summed E-state index contributed by atoms with van der Waals surface area (Å²) in [5, 5.41) is 11.2. The Morgan fingerprint density at radius 2 is 2.43 bits per heavy atom. The van der Waals surface area contributed by atoms with E-state index in [0.29, 0.717) is 10.3 Å². The SMILES string of the molecule is COCC(=O)c1ccc[n+]([O-])c1CCl. The Hall–Kier alpha value is -1.13. The molecule has 14 heavy (non-hydrogen) atoms. The second kappa shape index (κ2) is 4.93. The van der Waals surface area contributed by atoms with Gasteiger partial charge in [0.15, 0.2) is 12.0 Å². The minimum absolute atomic E-state index is 0.00906. The number of carbonyl (C=O) groups is 1. The average molecular weight is 216 g/mol. The van der Waals surface area contributed by atoms with Crippen molar-refractivity contribution in [2.45, 2.75) is 5.88 Å². The van der Waals surface area contributed by atoms with E-state index >= 15 is 0 Å². The van der Waals surface area contributed by atoms with Gasteiger partial charge in [-0.15, -0.1) is 11.6 Å². The fraction of sp³-hybridized carbons (Fsp3) is 0.333. The first-order chi connectivity index (χ1) is 6.70. The molecule has 1 rings (SSSR count). The summed E-state index contributed by atoms with van der Waals surface area (Å²) >= 11 is 5.57. The van der Waals surface area contributed by atoms with E-state index < -0.39 is 0 Å². The van der Waals surface area contributed by atoms with Crippen LogP contribution in [0.3, 0.4) is 0 Å². The highest BCUT2D eigenvalue weighted by Crippen LogP contribution is 2.07. The minimum Gasteiger partial charge on any atom is -0.618 e. The first kappa shape index (κ1) is 10.9. The molecule has 0 aliphatic heterocycles. The predicted molar refractivity (Wildman–Crippen MR) is 51.2 cm³/mol. The number of nitrogens with zero attached hydrogens (tertiary/aromatic N) is 1. The zero-order chi connectivity index (χ0) is 10.6. The molecule has 0 aliphatic carbocycles. The maximum atomic E-state index is 11.4. The lowest BCUT2D eigenvalue weighted by molar-refractivity contribution is -0.613. The third kappa shape index (κ3) is 2.21. The van der Waals surface area contributed by atoms with Gasteiger partial charge in [-0.05, 0) is 6.07 Å². The molecule has 0 unspecified atom stereocenters. The predicted octanol–water partition coefficient (Wildman–Crippen LogP) is 0.888. The van der Waals surface area contributed by atoms with E-state index in [1.807, 2.05) is 0 Å². The highest BCUT2D eigenvalue weighted by molar-refractivity contribution is 6.17. The molecular weight excluding hydrogens is 206 g/mol. The zero-order valence-corrected chi connectivity index (χ0v) is 8.45. The van der Waals surface area contributed by atoms with Crippen LogP contribution in [0.1, 0.15) is 16.1 Å². The Bertz CT molecular complexity index is 341. The Kier molecular flexibility index (Phi) is 3.85. The Balaban J connectivity index is 3.07. The van der Waals surface area contributed by atoms with Crippen LogP contribution in [-0.2, 0) is 10.6 Å². The molecule has 76 valence electrons. The Morgan fingerprint density at radius 3 is 3.00 bits per heavy atom. The second-order valence-corrected chi connectivity index (χ2v) is 2.95. The van der Waals surface area contributed by atoms with Crippen molar-refractivity contribution < 1.29 is 14.3 Å². The highest BCUT2D eigenvalue weighted by Gasteiger charge is 2.17. The molecule has 0 N–H and O–H groups in total. The number of halogens is 1. The number of carbonyl (C=O) groups excluding carboxylic acids is 1. The molecular formula is C9H10ClNO3. The third-order valence-corrected chi connectivity index (χ3v) is 2.02. The van der Waals surface area contributed by atoms with E-state index in [2.05, 4.69) is 0 Å². The summed E-state index contributed by atoms with van der Waals surface area (Å²) in [7, 11) is 1.42. The molecule has 5 heteroatoms. The fourth-order valence-corrected chi connectivity index (χ4v) is 1.38. The van der Waals surface area contributed by atoms with E-state index in [9.17, 15) is 10.0 Å². The van der Waals surface area contributed by atoms with Crippen LogP contribution in [0.2, 0.25) is 0 Å². The van der Waals surface area contributed by atoms with E-state index in [1.165, 1.54) is 19.4 Å². The molecule has 0 radical (unpaired) electrons. The van der Waals surface area contributed by atoms with Gasteiger partial charge in [0.25, 0.3) is 0 Å². The summed E-state index contributed by atoms with van der Waals surface area (Å²) in [5.74, 6) is -0.233. The van der Waals surface area contributed by atoms with E-state index in [1.54, 1.807) is 6.07 Å². The van der Waals surface area contributed by atoms with Gasteiger partial charge in [0.1, 0.15) is 12.5 Å². The van der Waals surface area contributed by atoms with Crippen LogP contribution in [0.4, 0.5) is 0 Å². The first-order valence-electron chi connectivity index (χ1n) is 4.00. The van der Waals surface area contributed by atoms with Gasteiger partial charge in [-0.25, -0.2) is 0 Å². The maximum Gasteiger partial charge on any atom is 0.218 e. The van der Waals surface area contributed by atoms with Gasteiger partial charge in [0.2, 0.25) is 5.69 Å². The van der Waals surface area contributed by atoms with Crippen LogP contribution in [0, 0.1) is 5.21 Å². The Morgan fingerprint density at radius 1 is 1.71 bits per heavy atom. The van der Waals surface area contributed by atoms with Gasteiger partial charge >= 0.3 is 0 Å². The van der Waals surface area contributed by atoms with E-state index in [-0.39, 0.29) is 24.0 Å². The summed E-state index contributed by atoms with van der Waals surface area (Å²) in [6, 6.07) is 3.07. The lowest BCUT2D eigenvalue weighted by Gasteiger charge is -2.05. The molecule has 0 amide bonds. The van der Waals surface area contributed by atoms with E-state index in [0.717, 1.165) is 0 Å². The number of pyridine rings is 1. The standard InChI is InChI=1S/C9H10ClNO3/c1-14-6-9(12)7-3-2-4-11(13)8(7)5-10/h2-4H,5-6H2,1H3. The molecule has 1 heterocycles. The summed E-state index contributed by atoms with van der Waals surface area (Å²) in [4.78, 5) is 11.4. The molecule has 0 aliphatic rings. The van der Waals surface area contributed by atoms with Gasteiger partial charge in [-0.2, -0.15) is 4.73 Å². The zero-order valence-electron chi connectivity index (χ0n) is 7.70. The number of ether oxygens (including phenoxy) is 1. The first-order valence-corrected chi connectivity index (χ1v) is 4.53. The number of hydrogen-bond donors (Lipinski definition) is 0. The lowest BCUT2D eigenvalue weighted by Crippen LogP contribution is -2.33. The second-order valence-electron chi connectivity index (χ2n) is 2.68. The molecule has 0 atom stereocenters. The third-order valence-electron chi connectivity index (χ3n) is 1.76. The molecule has 1 aromatic rings. The minimum atomic E-state index is -0.242. The van der Waals surface area contributed by atoms with Gasteiger partial charge in [-0.3, -0.25) is 4.79 Å². The lowest BCUT2D eigenvalue weighted by atomic mass is 10.1. The summed E-state index contributed by atoms with van der Waals surface area (Å²) in [6.45, 7) is -0.0477. The highest BCUT2D eigenvalue weighted by atomic mass is 35.5. The number of ketones is 1.